The summed E-state index contributed by atoms with van der Waals surface area (Å²) >= 11 is 1.50. The van der Waals surface area contributed by atoms with Gasteiger partial charge >= 0.3 is 0 Å². The van der Waals surface area contributed by atoms with Crippen LogP contribution in [0.2, 0.25) is 0 Å². The van der Waals surface area contributed by atoms with E-state index in [2.05, 4.69) is 34.1 Å². The van der Waals surface area contributed by atoms with Gasteiger partial charge in [0.05, 0.1) is 7.11 Å². The van der Waals surface area contributed by atoms with Crippen LogP contribution in [0.4, 0.5) is 0 Å². The van der Waals surface area contributed by atoms with Gasteiger partial charge in [0.2, 0.25) is 0 Å². The van der Waals surface area contributed by atoms with E-state index in [1.807, 2.05) is 40.6 Å². The number of carbonyl (C=O) groups is 1. The van der Waals surface area contributed by atoms with E-state index < -0.39 is 0 Å². The topological polar surface area (TPSA) is 45.7 Å². The molecule has 1 aliphatic rings. The minimum atomic E-state index is 0.0312. The van der Waals surface area contributed by atoms with Gasteiger partial charge in [0, 0.05) is 43.7 Å². The van der Waals surface area contributed by atoms with Gasteiger partial charge in [-0.15, -0.1) is 11.3 Å². The Bertz CT molecular complexity index is 932. The number of benzene rings is 2. The van der Waals surface area contributed by atoms with Gasteiger partial charge in [-0.1, -0.05) is 30.3 Å². The Morgan fingerprint density at radius 3 is 2.45 bits per heavy atom. The van der Waals surface area contributed by atoms with Crippen molar-refractivity contribution in [1.82, 2.24) is 14.8 Å². The van der Waals surface area contributed by atoms with Gasteiger partial charge in [0.1, 0.15) is 16.5 Å². The molecule has 0 spiro atoms. The predicted molar refractivity (Wildman–Crippen MR) is 117 cm³/mol. The van der Waals surface area contributed by atoms with E-state index in [1.54, 1.807) is 7.11 Å². The lowest BCUT2D eigenvalue weighted by Gasteiger charge is -2.34. The first-order valence-electron chi connectivity index (χ1n) is 9.88. The van der Waals surface area contributed by atoms with E-state index in [0.29, 0.717) is 5.69 Å². The molecule has 0 saturated carbocycles. The number of thiazole rings is 1. The third-order valence-corrected chi connectivity index (χ3v) is 6.17. The summed E-state index contributed by atoms with van der Waals surface area (Å²) < 4.78 is 5.20. The Morgan fingerprint density at radius 1 is 1.03 bits per heavy atom. The fourth-order valence-electron chi connectivity index (χ4n) is 3.51. The molecule has 1 amide bonds. The number of nitrogens with zero attached hydrogens (tertiary/aromatic N) is 3. The minimum Gasteiger partial charge on any atom is -0.497 e. The average Bonchev–Trinajstić information content (AvgIpc) is 3.29. The second-order valence-corrected chi connectivity index (χ2v) is 7.99. The highest BCUT2D eigenvalue weighted by Crippen LogP contribution is 2.26. The van der Waals surface area contributed by atoms with Crippen LogP contribution in [0.15, 0.2) is 60.0 Å². The van der Waals surface area contributed by atoms with Gasteiger partial charge < -0.3 is 9.64 Å². The Labute approximate surface area is 175 Å². The lowest BCUT2D eigenvalue weighted by molar-refractivity contribution is 0.0633. The molecule has 4 rings (SSSR count). The SMILES string of the molecule is COc1ccc(-c2nc(C(=O)N3CCN(CCc4ccccc4)CC3)cs2)cc1. The largest absolute Gasteiger partial charge is 0.497 e. The van der Waals surface area contributed by atoms with Gasteiger partial charge in [0.25, 0.3) is 5.91 Å². The third kappa shape index (κ3) is 4.83. The summed E-state index contributed by atoms with van der Waals surface area (Å²) in [4.78, 5) is 21.8. The number of piperazine rings is 1. The third-order valence-electron chi connectivity index (χ3n) is 5.28. The summed E-state index contributed by atoms with van der Waals surface area (Å²) in [6, 6.07) is 18.3. The Hall–Kier alpha value is -2.70. The van der Waals surface area contributed by atoms with Crippen LogP contribution in [-0.4, -0.2) is 60.5 Å². The Balaban J connectivity index is 1.31. The molecule has 2 heterocycles. The van der Waals surface area contributed by atoms with E-state index in [1.165, 1.54) is 16.9 Å². The molecule has 0 bridgehead atoms. The molecule has 6 heteroatoms. The van der Waals surface area contributed by atoms with Crippen molar-refractivity contribution >= 4 is 17.2 Å². The summed E-state index contributed by atoms with van der Waals surface area (Å²) in [5, 5.41) is 2.72. The summed E-state index contributed by atoms with van der Waals surface area (Å²) in [7, 11) is 1.65. The molecule has 150 valence electrons. The van der Waals surface area contributed by atoms with Gasteiger partial charge in [-0.3, -0.25) is 9.69 Å². The lowest BCUT2D eigenvalue weighted by atomic mass is 10.1. The first-order valence-corrected chi connectivity index (χ1v) is 10.8. The Morgan fingerprint density at radius 2 is 1.76 bits per heavy atom. The second kappa shape index (κ2) is 9.20. The van der Waals surface area contributed by atoms with Crippen LogP contribution in [-0.2, 0) is 6.42 Å². The average molecular weight is 408 g/mol. The van der Waals surface area contributed by atoms with Crippen molar-refractivity contribution in [2.45, 2.75) is 6.42 Å². The molecule has 1 aliphatic heterocycles. The number of amides is 1. The van der Waals surface area contributed by atoms with E-state index in [4.69, 9.17) is 4.74 Å². The number of aromatic nitrogens is 1. The number of methoxy groups -OCH3 is 1. The Kier molecular flexibility index (Phi) is 6.22. The predicted octanol–water partition coefficient (Wildman–Crippen LogP) is 3.82. The van der Waals surface area contributed by atoms with Crippen molar-refractivity contribution in [1.29, 1.82) is 0 Å². The van der Waals surface area contributed by atoms with Gasteiger partial charge in [-0.2, -0.15) is 0 Å². The molecule has 1 saturated heterocycles. The van der Waals surface area contributed by atoms with Crippen LogP contribution >= 0.6 is 11.3 Å². The van der Waals surface area contributed by atoms with Crippen molar-refractivity contribution in [2.24, 2.45) is 0 Å². The highest BCUT2D eigenvalue weighted by Gasteiger charge is 2.23. The molecular formula is C23H25N3O2S. The number of carbonyl (C=O) groups excluding carboxylic acids is 1. The van der Waals surface area contributed by atoms with Crippen LogP contribution in [0.5, 0.6) is 5.75 Å². The van der Waals surface area contributed by atoms with E-state index in [-0.39, 0.29) is 5.91 Å². The standard InChI is InChI=1S/C23H25N3O2S/c1-28-20-9-7-19(8-10-20)22-24-21(17-29-22)23(27)26-15-13-25(14-16-26)12-11-18-5-3-2-4-6-18/h2-10,17H,11-16H2,1H3. The molecule has 5 nitrogen and oxygen atoms in total. The normalized spacial score (nSPS) is 14.7. The molecule has 2 aromatic carbocycles. The van der Waals surface area contributed by atoms with Gasteiger partial charge in [-0.05, 0) is 36.2 Å². The number of rotatable bonds is 6. The van der Waals surface area contributed by atoms with E-state index in [0.717, 1.165) is 55.5 Å². The lowest BCUT2D eigenvalue weighted by Crippen LogP contribution is -2.49. The van der Waals surface area contributed by atoms with E-state index in [9.17, 15) is 4.79 Å². The zero-order chi connectivity index (χ0) is 20.1. The smallest absolute Gasteiger partial charge is 0.273 e. The van der Waals surface area contributed by atoms with Crippen molar-refractivity contribution in [3.8, 4) is 16.3 Å². The maximum absolute atomic E-state index is 12.9. The van der Waals surface area contributed by atoms with Crippen LogP contribution in [0.1, 0.15) is 16.1 Å². The minimum absolute atomic E-state index is 0.0312. The first kappa shape index (κ1) is 19.6. The fourth-order valence-corrected chi connectivity index (χ4v) is 4.31. The maximum atomic E-state index is 12.9. The van der Waals surface area contributed by atoms with Crippen LogP contribution in [0.25, 0.3) is 10.6 Å². The molecule has 3 aromatic rings. The number of hydrogen-bond donors (Lipinski definition) is 0. The van der Waals surface area contributed by atoms with Crippen molar-refractivity contribution in [3.63, 3.8) is 0 Å². The molecule has 0 N–H and O–H groups in total. The molecule has 0 aliphatic carbocycles. The second-order valence-electron chi connectivity index (χ2n) is 7.14. The quantitative estimate of drug-likeness (QED) is 0.623. The van der Waals surface area contributed by atoms with Gasteiger partial charge in [-0.25, -0.2) is 4.98 Å². The highest BCUT2D eigenvalue weighted by molar-refractivity contribution is 7.13. The summed E-state index contributed by atoms with van der Waals surface area (Å²) in [6.07, 6.45) is 1.05. The van der Waals surface area contributed by atoms with Crippen LogP contribution < -0.4 is 4.74 Å². The van der Waals surface area contributed by atoms with Crippen molar-refractivity contribution in [2.75, 3.05) is 39.8 Å². The van der Waals surface area contributed by atoms with Gasteiger partial charge in [0.15, 0.2) is 0 Å². The molecule has 0 radical (unpaired) electrons. The summed E-state index contributed by atoms with van der Waals surface area (Å²) in [5.41, 5.74) is 2.90. The molecular weight excluding hydrogens is 382 g/mol. The van der Waals surface area contributed by atoms with E-state index >= 15 is 0 Å². The molecule has 0 atom stereocenters. The molecule has 29 heavy (non-hydrogen) atoms. The highest BCUT2D eigenvalue weighted by atomic mass is 32.1. The van der Waals surface area contributed by atoms with Crippen LogP contribution in [0, 0.1) is 0 Å². The maximum Gasteiger partial charge on any atom is 0.273 e. The zero-order valence-corrected chi connectivity index (χ0v) is 17.4. The molecule has 0 unspecified atom stereocenters. The molecule has 1 aromatic heterocycles. The first-order chi connectivity index (χ1) is 14.2. The molecule has 1 fully saturated rings. The van der Waals surface area contributed by atoms with Crippen LogP contribution in [0.3, 0.4) is 0 Å². The van der Waals surface area contributed by atoms with Crippen molar-refractivity contribution in [3.05, 3.63) is 71.2 Å². The number of ether oxygens (including phenoxy) is 1. The summed E-state index contributed by atoms with van der Waals surface area (Å²) in [6.45, 7) is 4.36. The zero-order valence-electron chi connectivity index (χ0n) is 16.6. The number of hydrogen-bond acceptors (Lipinski definition) is 5. The monoisotopic (exact) mass is 407 g/mol. The summed E-state index contributed by atoms with van der Waals surface area (Å²) in [5.74, 6) is 0.843. The van der Waals surface area contributed by atoms with Crippen molar-refractivity contribution < 1.29 is 9.53 Å². The fraction of sp³-hybridized carbons (Fsp3) is 0.304.